The van der Waals surface area contributed by atoms with E-state index in [1.807, 2.05) is 0 Å². The van der Waals surface area contributed by atoms with Gasteiger partial charge in [0.1, 0.15) is 0 Å². The number of hydrogen-bond acceptors (Lipinski definition) is 4. The van der Waals surface area contributed by atoms with Crippen molar-refractivity contribution in [2.75, 3.05) is 20.1 Å². The van der Waals surface area contributed by atoms with E-state index in [1.165, 1.54) is 6.20 Å². The first-order valence-corrected chi connectivity index (χ1v) is 6.76. The van der Waals surface area contributed by atoms with E-state index in [2.05, 4.69) is 17.3 Å². The van der Waals surface area contributed by atoms with E-state index in [0.717, 1.165) is 45.2 Å². The molecule has 0 unspecified atom stereocenters. The number of nitrogens with zero attached hydrogens (tertiary/aromatic N) is 1. The van der Waals surface area contributed by atoms with Gasteiger partial charge in [0.15, 0.2) is 0 Å². The predicted molar refractivity (Wildman–Crippen MR) is 73.6 cm³/mol. The lowest BCUT2D eigenvalue weighted by atomic mass is 10.1. The standard InChI is InChI=1S/C13H26N4O/c1-17-8-6-12(7-9-17)16-13(18)5-3-2-4-11(15)10-14/h10,12H,2-9,14-15H2,1H3,(H,16,18)/b11-10-. The van der Waals surface area contributed by atoms with Crippen molar-refractivity contribution in [3.8, 4) is 0 Å². The Hall–Kier alpha value is -1.23. The Balaban J connectivity index is 2.07. The number of nitrogens with one attached hydrogen (secondary N) is 1. The molecule has 0 spiro atoms. The third-order valence-corrected chi connectivity index (χ3v) is 3.42. The summed E-state index contributed by atoms with van der Waals surface area (Å²) in [4.78, 5) is 14.0. The van der Waals surface area contributed by atoms with Crippen molar-refractivity contribution < 1.29 is 4.79 Å². The van der Waals surface area contributed by atoms with Crippen LogP contribution in [0.1, 0.15) is 38.5 Å². The maximum Gasteiger partial charge on any atom is 0.220 e. The normalized spacial score (nSPS) is 18.8. The second kappa shape index (κ2) is 7.97. The summed E-state index contributed by atoms with van der Waals surface area (Å²) in [6.07, 6.45) is 6.70. The molecular weight excluding hydrogens is 228 g/mol. The van der Waals surface area contributed by atoms with Gasteiger partial charge in [-0.3, -0.25) is 4.79 Å². The Morgan fingerprint density at radius 3 is 2.56 bits per heavy atom. The van der Waals surface area contributed by atoms with Crippen LogP contribution < -0.4 is 16.8 Å². The molecule has 0 aromatic rings. The molecule has 5 heteroatoms. The van der Waals surface area contributed by atoms with Gasteiger partial charge in [-0.2, -0.15) is 0 Å². The molecule has 104 valence electrons. The van der Waals surface area contributed by atoms with Crippen LogP contribution in [0.25, 0.3) is 0 Å². The Bertz CT molecular complexity index is 283. The van der Waals surface area contributed by atoms with E-state index >= 15 is 0 Å². The average Bonchev–Trinajstić information content (AvgIpc) is 2.37. The zero-order chi connectivity index (χ0) is 13.4. The molecule has 0 aliphatic carbocycles. The number of allylic oxidation sites excluding steroid dienone is 1. The molecule has 0 radical (unpaired) electrons. The lowest BCUT2D eigenvalue weighted by Gasteiger charge is -2.29. The van der Waals surface area contributed by atoms with Crippen LogP contribution in [0.15, 0.2) is 11.9 Å². The van der Waals surface area contributed by atoms with Gasteiger partial charge in [-0.25, -0.2) is 0 Å². The third-order valence-electron chi connectivity index (χ3n) is 3.42. The number of rotatable bonds is 6. The number of unbranched alkanes of at least 4 members (excludes halogenated alkanes) is 1. The summed E-state index contributed by atoms with van der Waals surface area (Å²) in [5.74, 6) is 0.167. The van der Waals surface area contributed by atoms with Crippen LogP contribution in [0.5, 0.6) is 0 Å². The zero-order valence-electron chi connectivity index (χ0n) is 11.3. The molecule has 1 fully saturated rings. The molecule has 5 nitrogen and oxygen atoms in total. The summed E-state index contributed by atoms with van der Waals surface area (Å²) in [7, 11) is 2.12. The summed E-state index contributed by atoms with van der Waals surface area (Å²) in [5.41, 5.74) is 11.6. The Labute approximate surface area is 110 Å². The number of carbonyl (C=O) groups excluding carboxylic acids is 1. The van der Waals surface area contributed by atoms with Crippen molar-refractivity contribution in [2.24, 2.45) is 11.5 Å². The highest BCUT2D eigenvalue weighted by atomic mass is 16.1. The fraction of sp³-hybridized carbons (Fsp3) is 0.769. The molecule has 0 saturated carbocycles. The van der Waals surface area contributed by atoms with Crippen molar-refractivity contribution in [3.63, 3.8) is 0 Å². The molecule has 1 aliphatic rings. The minimum absolute atomic E-state index is 0.167. The highest BCUT2D eigenvalue weighted by molar-refractivity contribution is 5.76. The highest BCUT2D eigenvalue weighted by Gasteiger charge is 2.17. The summed E-state index contributed by atoms with van der Waals surface area (Å²) >= 11 is 0. The minimum Gasteiger partial charge on any atom is -0.403 e. The van der Waals surface area contributed by atoms with Crippen LogP contribution >= 0.6 is 0 Å². The van der Waals surface area contributed by atoms with Crippen molar-refractivity contribution in [3.05, 3.63) is 11.9 Å². The van der Waals surface area contributed by atoms with Crippen LogP contribution in [0.2, 0.25) is 0 Å². The van der Waals surface area contributed by atoms with E-state index in [1.54, 1.807) is 0 Å². The average molecular weight is 254 g/mol. The monoisotopic (exact) mass is 254 g/mol. The summed E-state index contributed by atoms with van der Waals surface area (Å²) in [6, 6.07) is 0.364. The molecule has 0 aromatic carbocycles. The molecular formula is C13H26N4O. The first-order chi connectivity index (χ1) is 8.61. The maximum atomic E-state index is 11.7. The first-order valence-electron chi connectivity index (χ1n) is 6.76. The van der Waals surface area contributed by atoms with E-state index in [-0.39, 0.29) is 5.91 Å². The van der Waals surface area contributed by atoms with Crippen LogP contribution in [0.3, 0.4) is 0 Å². The number of likely N-dealkylation sites (tertiary alicyclic amines) is 1. The first kappa shape index (κ1) is 14.8. The van der Waals surface area contributed by atoms with Crippen molar-refractivity contribution in [1.29, 1.82) is 0 Å². The molecule has 1 amide bonds. The summed E-state index contributed by atoms with van der Waals surface area (Å²) in [6.45, 7) is 2.14. The van der Waals surface area contributed by atoms with Crippen LogP contribution in [-0.4, -0.2) is 37.0 Å². The van der Waals surface area contributed by atoms with Gasteiger partial charge in [0.2, 0.25) is 5.91 Å². The molecule has 18 heavy (non-hydrogen) atoms. The molecule has 1 aliphatic heterocycles. The lowest BCUT2D eigenvalue weighted by molar-refractivity contribution is -0.122. The lowest BCUT2D eigenvalue weighted by Crippen LogP contribution is -2.43. The molecule has 0 bridgehead atoms. The molecule has 0 aromatic heterocycles. The quantitative estimate of drug-likeness (QED) is 0.603. The fourth-order valence-corrected chi connectivity index (χ4v) is 2.15. The van der Waals surface area contributed by atoms with E-state index in [9.17, 15) is 4.79 Å². The number of carbonyl (C=O) groups is 1. The topological polar surface area (TPSA) is 84.4 Å². The molecule has 1 rings (SSSR count). The number of nitrogens with two attached hydrogens (primary N) is 2. The van der Waals surface area contributed by atoms with Crippen LogP contribution in [0, 0.1) is 0 Å². The molecule has 5 N–H and O–H groups in total. The van der Waals surface area contributed by atoms with Crippen LogP contribution in [0.4, 0.5) is 0 Å². The number of piperidine rings is 1. The summed E-state index contributed by atoms with van der Waals surface area (Å²) < 4.78 is 0. The van der Waals surface area contributed by atoms with Crippen molar-refractivity contribution in [2.45, 2.75) is 44.6 Å². The van der Waals surface area contributed by atoms with E-state index in [0.29, 0.717) is 18.2 Å². The van der Waals surface area contributed by atoms with Gasteiger partial charge >= 0.3 is 0 Å². The van der Waals surface area contributed by atoms with Gasteiger partial charge in [-0.1, -0.05) is 0 Å². The third kappa shape index (κ3) is 5.91. The highest BCUT2D eigenvalue weighted by Crippen LogP contribution is 2.09. The SMILES string of the molecule is CN1CCC(NC(=O)CCCC/C(N)=C/N)CC1. The zero-order valence-corrected chi connectivity index (χ0v) is 11.3. The van der Waals surface area contributed by atoms with Gasteiger partial charge in [-0.15, -0.1) is 0 Å². The summed E-state index contributed by atoms with van der Waals surface area (Å²) in [5, 5.41) is 3.11. The van der Waals surface area contributed by atoms with Crippen LogP contribution in [-0.2, 0) is 4.79 Å². The fourth-order valence-electron chi connectivity index (χ4n) is 2.15. The molecule has 1 saturated heterocycles. The Kier molecular flexibility index (Phi) is 6.57. The number of amides is 1. The van der Waals surface area contributed by atoms with Gasteiger partial charge in [-0.05, 0) is 52.2 Å². The maximum absolute atomic E-state index is 11.7. The van der Waals surface area contributed by atoms with Crippen molar-refractivity contribution >= 4 is 5.91 Å². The van der Waals surface area contributed by atoms with Gasteiger partial charge in [0, 0.05) is 24.4 Å². The van der Waals surface area contributed by atoms with Gasteiger partial charge < -0.3 is 21.7 Å². The van der Waals surface area contributed by atoms with Gasteiger partial charge in [0.25, 0.3) is 0 Å². The van der Waals surface area contributed by atoms with E-state index < -0.39 is 0 Å². The Morgan fingerprint density at radius 2 is 1.94 bits per heavy atom. The molecule has 1 heterocycles. The van der Waals surface area contributed by atoms with Crippen molar-refractivity contribution in [1.82, 2.24) is 10.2 Å². The second-order valence-electron chi connectivity index (χ2n) is 5.09. The number of hydrogen-bond donors (Lipinski definition) is 3. The molecule has 0 atom stereocenters. The minimum atomic E-state index is 0.167. The van der Waals surface area contributed by atoms with Gasteiger partial charge in [0.05, 0.1) is 0 Å². The Morgan fingerprint density at radius 1 is 1.33 bits per heavy atom. The van der Waals surface area contributed by atoms with E-state index in [4.69, 9.17) is 11.5 Å². The smallest absolute Gasteiger partial charge is 0.220 e. The largest absolute Gasteiger partial charge is 0.403 e. The second-order valence-corrected chi connectivity index (χ2v) is 5.09. The predicted octanol–water partition coefficient (Wildman–Crippen LogP) is 0.516.